The molecule has 0 amide bonds. The first kappa shape index (κ1) is 13.7. The lowest BCUT2D eigenvalue weighted by Gasteiger charge is -2.08. The molecule has 0 aliphatic carbocycles. The van der Waals surface area contributed by atoms with Gasteiger partial charge < -0.3 is 4.98 Å². The van der Waals surface area contributed by atoms with Gasteiger partial charge in [0.25, 0.3) is 15.6 Å². The number of hydrogen-bond donors (Lipinski definition) is 3. The van der Waals surface area contributed by atoms with E-state index >= 15 is 0 Å². The first-order valence-corrected chi connectivity index (χ1v) is 7.67. The number of aromatic amines is 2. The third-order valence-electron chi connectivity index (χ3n) is 2.87. The summed E-state index contributed by atoms with van der Waals surface area (Å²) in [5.41, 5.74) is 0.533. The zero-order valence-corrected chi connectivity index (χ0v) is 12.0. The number of anilines is 1. The molecular formula is C12H9ClN4O3S. The number of halogens is 1. The number of nitrogens with one attached hydrogen (secondary N) is 3. The van der Waals surface area contributed by atoms with Gasteiger partial charge >= 0.3 is 0 Å². The van der Waals surface area contributed by atoms with Crippen LogP contribution in [0.25, 0.3) is 10.9 Å². The van der Waals surface area contributed by atoms with Crippen molar-refractivity contribution in [3.8, 4) is 0 Å². The summed E-state index contributed by atoms with van der Waals surface area (Å²) in [6, 6.07) is 6.18. The van der Waals surface area contributed by atoms with E-state index in [0.717, 1.165) is 12.3 Å². The molecule has 0 spiro atoms. The zero-order valence-electron chi connectivity index (χ0n) is 10.4. The summed E-state index contributed by atoms with van der Waals surface area (Å²) >= 11 is 5.65. The minimum atomic E-state index is -3.87. The number of sulfonamides is 1. The van der Waals surface area contributed by atoms with E-state index in [2.05, 4.69) is 19.9 Å². The molecule has 3 rings (SSSR count). The standard InChI is InChI=1S/C12H9ClN4O3S/c13-9-4-7(5-14-12(9)18)21(19,20)17-11-3-1-2-10-8(11)6-15-16-10/h1-6,17H,(H,14,18)(H,15,16). The lowest BCUT2D eigenvalue weighted by molar-refractivity contribution is 0.601. The molecule has 7 nitrogen and oxygen atoms in total. The van der Waals surface area contributed by atoms with Gasteiger partial charge in [0.1, 0.15) is 9.92 Å². The highest BCUT2D eigenvalue weighted by Crippen LogP contribution is 2.24. The van der Waals surface area contributed by atoms with E-state index in [9.17, 15) is 13.2 Å². The molecule has 1 aromatic carbocycles. The summed E-state index contributed by atoms with van der Waals surface area (Å²) in [5, 5.41) is 7.05. The molecule has 3 aromatic rings. The van der Waals surface area contributed by atoms with Crippen LogP contribution in [0.3, 0.4) is 0 Å². The maximum Gasteiger partial charge on any atom is 0.266 e. The topological polar surface area (TPSA) is 108 Å². The maximum absolute atomic E-state index is 12.3. The van der Waals surface area contributed by atoms with Crippen LogP contribution in [0.15, 0.2) is 46.3 Å². The molecular weight excluding hydrogens is 316 g/mol. The Morgan fingerprint density at radius 1 is 1.29 bits per heavy atom. The second kappa shape index (κ2) is 4.90. The highest BCUT2D eigenvalue weighted by Gasteiger charge is 2.17. The predicted octanol–water partition coefficient (Wildman–Crippen LogP) is 1.71. The van der Waals surface area contributed by atoms with Crippen LogP contribution in [0, 0.1) is 0 Å². The molecule has 0 saturated carbocycles. The van der Waals surface area contributed by atoms with Gasteiger partial charge in [0, 0.05) is 11.6 Å². The van der Waals surface area contributed by atoms with Crippen molar-refractivity contribution in [1.29, 1.82) is 0 Å². The fraction of sp³-hybridized carbons (Fsp3) is 0. The van der Waals surface area contributed by atoms with Gasteiger partial charge in [0.15, 0.2) is 0 Å². The second-order valence-corrected chi connectivity index (χ2v) is 6.34. The van der Waals surface area contributed by atoms with Gasteiger partial charge in [-0.05, 0) is 18.2 Å². The monoisotopic (exact) mass is 324 g/mol. The molecule has 2 heterocycles. The quantitative estimate of drug-likeness (QED) is 0.681. The van der Waals surface area contributed by atoms with Gasteiger partial charge in [-0.25, -0.2) is 8.42 Å². The lowest BCUT2D eigenvalue weighted by atomic mass is 10.2. The van der Waals surface area contributed by atoms with Crippen LogP contribution in [0.2, 0.25) is 5.02 Å². The first-order chi connectivity index (χ1) is 9.97. The average molecular weight is 325 g/mol. The Hall–Kier alpha value is -2.32. The molecule has 0 saturated heterocycles. The SMILES string of the molecule is O=c1[nH]cc(S(=O)(=O)Nc2cccc3[nH]ncc23)cc1Cl. The Morgan fingerprint density at radius 3 is 2.86 bits per heavy atom. The predicted molar refractivity (Wildman–Crippen MR) is 79.0 cm³/mol. The van der Waals surface area contributed by atoms with Gasteiger partial charge in [-0.15, -0.1) is 0 Å². The highest BCUT2D eigenvalue weighted by molar-refractivity contribution is 7.92. The molecule has 0 aliphatic heterocycles. The van der Waals surface area contributed by atoms with Crippen LogP contribution in [-0.2, 0) is 10.0 Å². The Bertz CT molecular complexity index is 977. The van der Waals surface area contributed by atoms with Crippen molar-refractivity contribution in [1.82, 2.24) is 15.2 Å². The van der Waals surface area contributed by atoms with E-state index in [4.69, 9.17) is 11.6 Å². The van der Waals surface area contributed by atoms with Crippen molar-refractivity contribution < 1.29 is 8.42 Å². The van der Waals surface area contributed by atoms with Gasteiger partial charge in [-0.3, -0.25) is 14.6 Å². The third kappa shape index (κ3) is 2.50. The molecule has 9 heteroatoms. The number of fused-ring (bicyclic) bond motifs is 1. The summed E-state index contributed by atoms with van der Waals surface area (Å²) in [7, 11) is -3.87. The van der Waals surface area contributed by atoms with E-state index in [1.165, 1.54) is 6.20 Å². The van der Waals surface area contributed by atoms with Crippen molar-refractivity contribution >= 4 is 38.2 Å². The molecule has 0 fully saturated rings. The number of H-pyrrole nitrogens is 2. The Morgan fingerprint density at radius 2 is 2.10 bits per heavy atom. The van der Waals surface area contributed by atoms with E-state index in [1.807, 2.05) is 0 Å². The molecule has 108 valence electrons. The number of hydrogen-bond acceptors (Lipinski definition) is 4. The summed E-state index contributed by atoms with van der Waals surface area (Å²) in [4.78, 5) is 13.3. The Balaban J connectivity index is 2.05. The zero-order chi connectivity index (χ0) is 15.0. The maximum atomic E-state index is 12.3. The second-order valence-electron chi connectivity index (χ2n) is 4.25. The third-order valence-corrected chi connectivity index (χ3v) is 4.50. The van der Waals surface area contributed by atoms with Gasteiger partial charge in [-0.1, -0.05) is 17.7 Å². The largest absolute Gasteiger partial charge is 0.326 e. The summed E-state index contributed by atoms with van der Waals surface area (Å²) in [5.74, 6) is 0. The van der Waals surface area contributed by atoms with Crippen LogP contribution < -0.4 is 10.3 Å². The van der Waals surface area contributed by atoms with E-state index in [0.29, 0.717) is 16.6 Å². The summed E-state index contributed by atoms with van der Waals surface area (Å²) in [6.45, 7) is 0. The van der Waals surface area contributed by atoms with Crippen LogP contribution in [0.1, 0.15) is 0 Å². The number of rotatable bonds is 3. The van der Waals surface area contributed by atoms with Crippen LogP contribution in [-0.4, -0.2) is 23.6 Å². The van der Waals surface area contributed by atoms with Gasteiger partial charge in [0.05, 0.1) is 17.4 Å². The number of nitrogens with zero attached hydrogens (tertiary/aromatic N) is 1. The first-order valence-electron chi connectivity index (χ1n) is 5.80. The number of aromatic nitrogens is 3. The van der Waals surface area contributed by atoms with Gasteiger partial charge in [0.2, 0.25) is 0 Å². The number of benzene rings is 1. The van der Waals surface area contributed by atoms with E-state index < -0.39 is 15.6 Å². The minimum absolute atomic E-state index is 0.132. The minimum Gasteiger partial charge on any atom is -0.326 e. The van der Waals surface area contributed by atoms with Crippen molar-refractivity contribution in [3.05, 3.63) is 52.0 Å². The molecule has 0 radical (unpaired) electrons. The van der Waals surface area contributed by atoms with E-state index in [1.54, 1.807) is 18.2 Å². The fourth-order valence-electron chi connectivity index (χ4n) is 1.85. The fourth-order valence-corrected chi connectivity index (χ4v) is 3.16. The smallest absolute Gasteiger partial charge is 0.266 e. The molecule has 0 unspecified atom stereocenters. The normalized spacial score (nSPS) is 11.7. The summed E-state index contributed by atoms with van der Waals surface area (Å²) < 4.78 is 27.1. The molecule has 21 heavy (non-hydrogen) atoms. The van der Waals surface area contributed by atoms with Crippen molar-refractivity contribution in [2.75, 3.05) is 4.72 Å². The molecule has 0 atom stereocenters. The van der Waals surface area contributed by atoms with Crippen molar-refractivity contribution in [3.63, 3.8) is 0 Å². The highest BCUT2D eigenvalue weighted by atomic mass is 35.5. The van der Waals surface area contributed by atoms with Crippen LogP contribution >= 0.6 is 11.6 Å². The lowest BCUT2D eigenvalue weighted by Crippen LogP contribution is -2.16. The molecule has 2 aromatic heterocycles. The number of pyridine rings is 1. The Kier molecular flexibility index (Phi) is 3.19. The van der Waals surface area contributed by atoms with Gasteiger partial charge in [-0.2, -0.15) is 5.10 Å². The van der Waals surface area contributed by atoms with Crippen LogP contribution in [0.4, 0.5) is 5.69 Å². The Labute approximate surface area is 124 Å². The summed E-state index contributed by atoms with van der Waals surface area (Å²) in [6.07, 6.45) is 2.61. The van der Waals surface area contributed by atoms with Crippen molar-refractivity contribution in [2.24, 2.45) is 0 Å². The molecule has 0 bridgehead atoms. The van der Waals surface area contributed by atoms with Crippen molar-refractivity contribution in [2.45, 2.75) is 4.90 Å². The molecule has 3 N–H and O–H groups in total. The van der Waals surface area contributed by atoms with Crippen LogP contribution in [0.5, 0.6) is 0 Å². The molecule has 0 aliphatic rings. The van der Waals surface area contributed by atoms with E-state index in [-0.39, 0.29) is 9.92 Å². The average Bonchev–Trinajstić information content (AvgIpc) is 2.91.